The van der Waals surface area contributed by atoms with Crippen LogP contribution < -0.4 is 5.32 Å². The number of hydrogen-bond donors (Lipinski definition) is 1. The van der Waals surface area contributed by atoms with Crippen molar-refractivity contribution >= 4 is 33.5 Å². The van der Waals surface area contributed by atoms with Crippen molar-refractivity contribution in [2.24, 2.45) is 0 Å². The second-order valence-corrected chi connectivity index (χ2v) is 6.52. The van der Waals surface area contributed by atoms with Crippen LogP contribution in [0.3, 0.4) is 0 Å². The van der Waals surface area contributed by atoms with Gasteiger partial charge < -0.3 is 5.32 Å². The summed E-state index contributed by atoms with van der Waals surface area (Å²) in [5, 5.41) is 3.01. The first-order chi connectivity index (χ1) is 10.1. The molecule has 0 saturated carbocycles. The molecule has 1 aromatic heterocycles. The Morgan fingerprint density at radius 1 is 1.24 bits per heavy atom. The van der Waals surface area contributed by atoms with Crippen LogP contribution in [0.5, 0.6) is 0 Å². The molecule has 1 aromatic carbocycles. The molecular weight excluding hydrogens is 353 g/mol. The highest BCUT2D eigenvalue weighted by Gasteiger charge is 2.11. The number of rotatable bonds is 6. The molecular formula is C15H17BrFN3S. The zero-order valence-corrected chi connectivity index (χ0v) is 14.4. The van der Waals surface area contributed by atoms with Gasteiger partial charge in [-0.25, -0.2) is 14.4 Å². The third-order valence-corrected chi connectivity index (χ3v) is 4.32. The van der Waals surface area contributed by atoms with Crippen molar-refractivity contribution in [3.8, 4) is 0 Å². The smallest absolute Gasteiger partial charge is 0.186 e. The van der Waals surface area contributed by atoms with E-state index in [-0.39, 0.29) is 5.82 Å². The molecule has 0 aliphatic carbocycles. The zero-order valence-electron chi connectivity index (χ0n) is 12.0. The summed E-state index contributed by atoms with van der Waals surface area (Å²) in [5.41, 5.74) is 0.384. The largest absolute Gasteiger partial charge is 0.368 e. The first-order valence-corrected chi connectivity index (χ1v) is 8.53. The maximum atomic E-state index is 13.9. The van der Waals surface area contributed by atoms with Crippen LogP contribution in [0.2, 0.25) is 0 Å². The Morgan fingerprint density at radius 2 is 1.95 bits per heavy atom. The summed E-state index contributed by atoms with van der Waals surface area (Å²) in [4.78, 5) is 9.63. The molecule has 0 aliphatic rings. The molecule has 2 aromatic rings. The molecule has 2 rings (SSSR count). The Hall–Kier alpha value is -1.14. The van der Waals surface area contributed by atoms with Crippen LogP contribution in [0.15, 0.2) is 33.6 Å². The highest BCUT2D eigenvalue weighted by molar-refractivity contribution is 9.10. The third kappa shape index (κ3) is 4.68. The summed E-state index contributed by atoms with van der Waals surface area (Å²) >= 11 is 5.04. The lowest BCUT2D eigenvalue weighted by Crippen LogP contribution is -2.09. The average molecular weight is 370 g/mol. The molecule has 112 valence electrons. The van der Waals surface area contributed by atoms with E-state index in [1.54, 1.807) is 18.7 Å². The van der Waals surface area contributed by atoms with Gasteiger partial charge in [0.15, 0.2) is 11.6 Å². The fourth-order valence-corrected chi connectivity index (χ4v) is 2.74. The summed E-state index contributed by atoms with van der Waals surface area (Å²) in [6, 6.07) is 8.05. The van der Waals surface area contributed by atoms with Crippen molar-refractivity contribution in [3.63, 3.8) is 0 Å². The number of thioether (sulfide) groups is 1. The summed E-state index contributed by atoms with van der Waals surface area (Å²) in [6.45, 7) is 4.40. The van der Waals surface area contributed by atoms with Gasteiger partial charge in [0, 0.05) is 15.9 Å². The van der Waals surface area contributed by atoms with Crippen LogP contribution in [-0.2, 0) is 5.75 Å². The normalized spacial score (nSPS) is 10.7. The van der Waals surface area contributed by atoms with E-state index < -0.39 is 0 Å². The van der Waals surface area contributed by atoms with Gasteiger partial charge in [-0.1, -0.05) is 22.9 Å². The lowest BCUT2D eigenvalue weighted by atomic mass is 10.3. The minimum Gasteiger partial charge on any atom is -0.368 e. The van der Waals surface area contributed by atoms with E-state index in [1.807, 2.05) is 31.2 Å². The quantitative estimate of drug-likeness (QED) is 0.742. The number of nitrogens with one attached hydrogen (secondary N) is 1. The molecule has 0 radical (unpaired) electrons. The van der Waals surface area contributed by atoms with Gasteiger partial charge >= 0.3 is 0 Å². The molecule has 0 amide bonds. The van der Waals surface area contributed by atoms with Gasteiger partial charge in [0.1, 0.15) is 5.82 Å². The Kier molecular flexibility index (Phi) is 5.99. The molecule has 21 heavy (non-hydrogen) atoms. The first-order valence-electron chi connectivity index (χ1n) is 6.75. The predicted molar refractivity (Wildman–Crippen MR) is 89.2 cm³/mol. The van der Waals surface area contributed by atoms with Crippen LogP contribution in [-0.4, -0.2) is 16.5 Å². The van der Waals surface area contributed by atoms with Crippen LogP contribution in [0, 0.1) is 12.7 Å². The van der Waals surface area contributed by atoms with E-state index in [0.29, 0.717) is 29.6 Å². The van der Waals surface area contributed by atoms with Crippen molar-refractivity contribution in [3.05, 3.63) is 46.1 Å². The zero-order chi connectivity index (χ0) is 15.2. The second kappa shape index (κ2) is 7.75. The van der Waals surface area contributed by atoms with Crippen LogP contribution in [0.4, 0.5) is 10.2 Å². The molecule has 0 saturated heterocycles. The monoisotopic (exact) mass is 369 g/mol. The number of nitrogens with zero attached hydrogens (tertiary/aromatic N) is 2. The molecule has 0 unspecified atom stereocenters. The fraction of sp³-hybridized carbons (Fsp3) is 0.333. The lowest BCUT2D eigenvalue weighted by Gasteiger charge is -2.09. The van der Waals surface area contributed by atoms with Gasteiger partial charge in [-0.2, -0.15) is 0 Å². The van der Waals surface area contributed by atoms with Gasteiger partial charge in [0.2, 0.25) is 0 Å². The van der Waals surface area contributed by atoms with E-state index in [9.17, 15) is 4.39 Å². The molecule has 0 bridgehead atoms. The molecule has 0 fully saturated rings. The fourth-order valence-electron chi connectivity index (χ4n) is 1.72. The van der Waals surface area contributed by atoms with Gasteiger partial charge in [-0.05, 0) is 37.6 Å². The molecule has 3 nitrogen and oxygen atoms in total. The minimum absolute atomic E-state index is 0.302. The molecule has 0 spiro atoms. The average Bonchev–Trinajstić information content (AvgIpc) is 2.48. The summed E-state index contributed by atoms with van der Waals surface area (Å²) < 4.78 is 15.0. The van der Waals surface area contributed by atoms with Crippen molar-refractivity contribution in [2.75, 3.05) is 11.9 Å². The van der Waals surface area contributed by atoms with Gasteiger partial charge in [-0.3, -0.25) is 0 Å². The number of hydrogen-bond acceptors (Lipinski definition) is 4. The number of aromatic nitrogens is 2. The van der Waals surface area contributed by atoms with Crippen molar-refractivity contribution < 1.29 is 4.39 Å². The third-order valence-electron chi connectivity index (χ3n) is 2.79. The topological polar surface area (TPSA) is 37.8 Å². The van der Waals surface area contributed by atoms with E-state index in [1.165, 1.54) is 0 Å². The second-order valence-electron chi connectivity index (χ2n) is 4.56. The van der Waals surface area contributed by atoms with E-state index in [4.69, 9.17) is 0 Å². The minimum atomic E-state index is -0.360. The molecule has 1 heterocycles. The summed E-state index contributed by atoms with van der Waals surface area (Å²) in [6.07, 6.45) is 0.922. The van der Waals surface area contributed by atoms with E-state index >= 15 is 0 Å². The molecule has 6 heteroatoms. The van der Waals surface area contributed by atoms with Crippen molar-refractivity contribution in [1.82, 2.24) is 9.97 Å². The van der Waals surface area contributed by atoms with Crippen molar-refractivity contribution in [2.45, 2.75) is 30.9 Å². The SMILES string of the molecule is CCCNc1nc(CSc2ccc(Br)cc2)nc(C)c1F. The van der Waals surface area contributed by atoms with Crippen LogP contribution >= 0.6 is 27.7 Å². The van der Waals surface area contributed by atoms with Gasteiger partial charge in [-0.15, -0.1) is 11.8 Å². The number of benzene rings is 1. The summed E-state index contributed by atoms with van der Waals surface area (Å²) in [5.74, 6) is 1.20. The van der Waals surface area contributed by atoms with Crippen molar-refractivity contribution in [1.29, 1.82) is 0 Å². The summed E-state index contributed by atoms with van der Waals surface area (Å²) in [7, 11) is 0. The maximum absolute atomic E-state index is 13.9. The van der Waals surface area contributed by atoms with E-state index in [0.717, 1.165) is 15.8 Å². The highest BCUT2D eigenvalue weighted by Crippen LogP contribution is 2.24. The lowest BCUT2D eigenvalue weighted by molar-refractivity contribution is 0.601. The van der Waals surface area contributed by atoms with Crippen LogP contribution in [0.1, 0.15) is 24.9 Å². The predicted octanol–water partition coefficient (Wildman–Crippen LogP) is 4.80. The van der Waals surface area contributed by atoms with Crippen LogP contribution in [0.25, 0.3) is 0 Å². The number of aryl methyl sites for hydroxylation is 1. The Morgan fingerprint density at radius 3 is 2.62 bits per heavy atom. The van der Waals surface area contributed by atoms with Gasteiger partial charge in [0.05, 0.1) is 11.4 Å². The number of anilines is 1. The molecule has 0 atom stereocenters. The number of halogens is 2. The first kappa shape index (κ1) is 16.2. The van der Waals surface area contributed by atoms with Gasteiger partial charge in [0.25, 0.3) is 0 Å². The highest BCUT2D eigenvalue weighted by atomic mass is 79.9. The van der Waals surface area contributed by atoms with E-state index in [2.05, 4.69) is 31.2 Å². The molecule has 0 aliphatic heterocycles. The molecule has 1 N–H and O–H groups in total. The Labute approximate surface area is 136 Å². The Bertz CT molecular complexity index is 605. The Balaban J connectivity index is 2.08. The standard InChI is InChI=1S/C15H17BrFN3S/c1-3-8-18-15-14(17)10(2)19-13(20-15)9-21-12-6-4-11(16)5-7-12/h4-7H,3,8-9H2,1-2H3,(H,18,19,20). The maximum Gasteiger partial charge on any atom is 0.186 e.